The lowest BCUT2D eigenvalue weighted by molar-refractivity contribution is -0.384. The largest absolute Gasteiger partial charge is 0.386 e. The van der Waals surface area contributed by atoms with Gasteiger partial charge in [0.25, 0.3) is 11.6 Å². The first-order chi connectivity index (χ1) is 14.8. The number of sulfonamides is 1. The number of rotatable bonds is 7. The van der Waals surface area contributed by atoms with Crippen LogP contribution in [-0.2, 0) is 19.7 Å². The zero-order valence-corrected chi connectivity index (χ0v) is 17.8. The topological polar surface area (TPSA) is 122 Å². The normalized spacial score (nSPS) is 15.2. The second kappa shape index (κ2) is 9.86. The van der Waals surface area contributed by atoms with Crippen LogP contribution in [0.5, 0.6) is 0 Å². The minimum atomic E-state index is -3.66. The van der Waals surface area contributed by atoms with Gasteiger partial charge >= 0.3 is 0 Å². The third-order valence-corrected chi connectivity index (χ3v) is 6.75. The number of carbonyl (C=O) groups is 1. The number of nitro groups is 1. The maximum Gasteiger partial charge on any atom is 0.270 e. The van der Waals surface area contributed by atoms with Crippen molar-refractivity contribution in [3.05, 3.63) is 69.2 Å². The highest BCUT2D eigenvalue weighted by Crippen LogP contribution is 2.20. The monoisotopic (exact) mass is 466 g/mol. The van der Waals surface area contributed by atoms with Crippen molar-refractivity contribution < 1.29 is 23.0 Å². The van der Waals surface area contributed by atoms with Crippen LogP contribution in [0.2, 0.25) is 5.02 Å². The molecule has 0 N–H and O–H groups in total. The van der Waals surface area contributed by atoms with E-state index in [9.17, 15) is 23.3 Å². The first kappa shape index (κ1) is 22.7. The van der Waals surface area contributed by atoms with Crippen LogP contribution in [0.15, 0.2) is 58.6 Å². The van der Waals surface area contributed by atoms with Gasteiger partial charge in [-0.05, 0) is 24.3 Å². The molecule has 0 atom stereocenters. The summed E-state index contributed by atoms with van der Waals surface area (Å²) >= 11 is 5.81. The predicted octanol–water partition coefficient (Wildman–Crippen LogP) is 2.13. The van der Waals surface area contributed by atoms with Gasteiger partial charge in [0.05, 0.1) is 16.0 Å². The molecule has 0 aliphatic carbocycles. The summed E-state index contributed by atoms with van der Waals surface area (Å²) in [6.07, 6.45) is 1.27. The number of halogens is 1. The summed E-state index contributed by atoms with van der Waals surface area (Å²) in [6.45, 7) is 0.448. The second-order valence-electron chi connectivity index (χ2n) is 6.60. The molecule has 31 heavy (non-hydrogen) atoms. The van der Waals surface area contributed by atoms with E-state index in [1.54, 1.807) is 6.07 Å². The van der Waals surface area contributed by atoms with Crippen molar-refractivity contribution in [3.8, 4) is 0 Å². The average molecular weight is 467 g/mol. The Balaban J connectivity index is 1.48. The van der Waals surface area contributed by atoms with Gasteiger partial charge in [-0.1, -0.05) is 28.9 Å². The Labute approximate surface area is 183 Å². The fourth-order valence-corrected chi connectivity index (χ4v) is 4.48. The molecule has 1 fully saturated rings. The number of nitro benzene ring substituents is 1. The molecule has 3 rings (SSSR count). The van der Waals surface area contributed by atoms with E-state index in [1.807, 2.05) is 0 Å². The van der Waals surface area contributed by atoms with Crippen LogP contribution in [-0.4, -0.2) is 67.5 Å². The van der Waals surface area contributed by atoms with Crippen molar-refractivity contribution in [3.63, 3.8) is 0 Å². The van der Waals surface area contributed by atoms with E-state index in [0.717, 1.165) is 0 Å². The molecule has 0 spiro atoms. The smallest absolute Gasteiger partial charge is 0.270 e. The molecule has 0 aromatic heterocycles. The lowest BCUT2D eigenvalue weighted by Gasteiger charge is -2.33. The Kier molecular flexibility index (Phi) is 7.21. The molecule has 1 saturated heterocycles. The number of amides is 1. The highest BCUT2D eigenvalue weighted by molar-refractivity contribution is 7.89. The van der Waals surface area contributed by atoms with E-state index in [0.29, 0.717) is 10.6 Å². The molecular weight excluding hydrogens is 448 g/mol. The minimum Gasteiger partial charge on any atom is -0.386 e. The van der Waals surface area contributed by atoms with Crippen molar-refractivity contribution in [1.82, 2.24) is 9.21 Å². The Bertz CT molecular complexity index is 1080. The summed E-state index contributed by atoms with van der Waals surface area (Å²) in [4.78, 5) is 29.1. The zero-order chi connectivity index (χ0) is 22.4. The number of hydrogen-bond acceptors (Lipinski definition) is 7. The molecule has 0 radical (unpaired) electrons. The quantitative estimate of drug-likeness (QED) is 0.350. The summed E-state index contributed by atoms with van der Waals surface area (Å²) < 4.78 is 26.7. The number of nitrogens with zero attached hydrogens (tertiary/aromatic N) is 4. The first-order valence-electron chi connectivity index (χ1n) is 9.20. The maximum absolute atomic E-state index is 12.7. The summed E-state index contributed by atoms with van der Waals surface area (Å²) in [5, 5.41) is 14.9. The summed E-state index contributed by atoms with van der Waals surface area (Å²) in [6, 6.07) is 11.7. The van der Waals surface area contributed by atoms with E-state index in [4.69, 9.17) is 16.4 Å². The minimum absolute atomic E-state index is 0.0774. The molecule has 1 aliphatic rings. The summed E-state index contributed by atoms with van der Waals surface area (Å²) in [5.74, 6) is -0.334. The molecule has 1 amide bonds. The molecule has 2 aromatic carbocycles. The average Bonchev–Trinajstić information content (AvgIpc) is 2.77. The van der Waals surface area contributed by atoms with Gasteiger partial charge in [-0.2, -0.15) is 4.31 Å². The van der Waals surface area contributed by atoms with Crippen LogP contribution in [0.4, 0.5) is 5.69 Å². The van der Waals surface area contributed by atoms with Crippen molar-refractivity contribution >= 4 is 39.4 Å². The van der Waals surface area contributed by atoms with E-state index in [-0.39, 0.29) is 49.3 Å². The molecule has 0 saturated carbocycles. The Morgan fingerprint density at radius 1 is 1.16 bits per heavy atom. The molecule has 10 nitrogen and oxygen atoms in total. The van der Waals surface area contributed by atoms with Crippen molar-refractivity contribution in [1.29, 1.82) is 0 Å². The van der Waals surface area contributed by atoms with E-state index >= 15 is 0 Å². The van der Waals surface area contributed by atoms with Crippen molar-refractivity contribution in [2.24, 2.45) is 5.16 Å². The van der Waals surface area contributed by atoms with Gasteiger partial charge in [0.1, 0.15) is 0 Å². The highest BCUT2D eigenvalue weighted by atomic mass is 35.5. The van der Waals surface area contributed by atoms with E-state index in [1.165, 1.54) is 57.9 Å². The molecule has 164 valence electrons. The Hall–Kier alpha value is -3.02. The number of oxime groups is 1. The lowest BCUT2D eigenvalue weighted by Crippen LogP contribution is -2.51. The van der Waals surface area contributed by atoms with Gasteiger partial charge in [-0.3, -0.25) is 14.9 Å². The van der Waals surface area contributed by atoms with Gasteiger partial charge in [-0.25, -0.2) is 8.42 Å². The maximum atomic E-state index is 12.7. The van der Waals surface area contributed by atoms with Crippen LogP contribution in [0.25, 0.3) is 0 Å². The fraction of sp³-hybridized carbons (Fsp3) is 0.263. The van der Waals surface area contributed by atoms with E-state index in [2.05, 4.69) is 5.16 Å². The number of non-ortho nitro benzene ring substituents is 1. The summed E-state index contributed by atoms with van der Waals surface area (Å²) in [7, 11) is -3.66. The van der Waals surface area contributed by atoms with Gasteiger partial charge in [0.2, 0.25) is 10.0 Å². The predicted molar refractivity (Wildman–Crippen MR) is 113 cm³/mol. The van der Waals surface area contributed by atoms with E-state index < -0.39 is 14.9 Å². The molecule has 1 aliphatic heterocycles. The van der Waals surface area contributed by atoms with Gasteiger partial charge in [0, 0.05) is 48.9 Å². The van der Waals surface area contributed by atoms with Gasteiger partial charge in [0.15, 0.2) is 6.61 Å². The van der Waals surface area contributed by atoms with Crippen molar-refractivity contribution in [2.45, 2.75) is 4.90 Å². The van der Waals surface area contributed by atoms with Gasteiger partial charge in [-0.15, -0.1) is 0 Å². The van der Waals surface area contributed by atoms with Crippen molar-refractivity contribution in [2.75, 3.05) is 32.8 Å². The fourth-order valence-electron chi connectivity index (χ4n) is 2.93. The molecule has 12 heteroatoms. The third kappa shape index (κ3) is 5.78. The zero-order valence-electron chi connectivity index (χ0n) is 16.3. The van der Waals surface area contributed by atoms with Crippen LogP contribution in [0.3, 0.4) is 0 Å². The standard InChI is InChI=1S/C19H19ClN4O6S/c20-16-4-6-18(7-5-16)31(28,29)23-10-8-22(9-11-23)19(25)14-30-21-13-15-2-1-3-17(12-15)24(26)27/h1-7,12-13H,8-11,14H2/b21-13+. The number of benzene rings is 2. The second-order valence-corrected chi connectivity index (χ2v) is 8.97. The Morgan fingerprint density at radius 3 is 2.48 bits per heavy atom. The lowest BCUT2D eigenvalue weighted by atomic mass is 10.2. The SMILES string of the molecule is O=C(CO/N=C/c1cccc([N+](=O)[O-])c1)N1CCN(S(=O)(=O)c2ccc(Cl)cc2)CC1. The number of carbonyl (C=O) groups excluding carboxylic acids is 1. The van der Waals surface area contributed by atoms with Crippen LogP contribution >= 0.6 is 11.6 Å². The number of hydrogen-bond donors (Lipinski definition) is 0. The highest BCUT2D eigenvalue weighted by Gasteiger charge is 2.30. The molecule has 0 bridgehead atoms. The molecular formula is C19H19ClN4O6S. The molecule has 0 unspecified atom stereocenters. The van der Waals surface area contributed by atoms with Gasteiger partial charge < -0.3 is 9.74 Å². The van der Waals surface area contributed by atoms with Crippen LogP contribution in [0.1, 0.15) is 5.56 Å². The summed E-state index contributed by atoms with van der Waals surface area (Å²) in [5.41, 5.74) is 0.383. The third-order valence-electron chi connectivity index (χ3n) is 4.59. The molecule has 2 aromatic rings. The Morgan fingerprint density at radius 2 is 1.84 bits per heavy atom. The van der Waals surface area contributed by atoms with Crippen LogP contribution in [0, 0.1) is 10.1 Å². The first-order valence-corrected chi connectivity index (χ1v) is 11.0. The van der Waals surface area contributed by atoms with Crippen LogP contribution < -0.4 is 0 Å². The molecule has 1 heterocycles. The number of piperazine rings is 1.